The first-order valence-electron chi connectivity index (χ1n) is 5.20. The van der Waals surface area contributed by atoms with Crippen LogP contribution in [0, 0.1) is 0 Å². The molecule has 1 aromatic heterocycles. The Morgan fingerprint density at radius 1 is 1.29 bits per heavy atom. The molecular formula is C12H20N2. The summed E-state index contributed by atoms with van der Waals surface area (Å²) in [4.78, 5) is 0. The maximum absolute atomic E-state index is 3.98. The van der Waals surface area contributed by atoms with Gasteiger partial charge in [0.05, 0.1) is 11.7 Å². The molecule has 0 aliphatic rings. The molecule has 1 N–H and O–H groups in total. The molecule has 2 heteroatoms. The van der Waals surface area contributed by atoms with E-state index in [4.69, 9.17) is 0 Å². The predicted octanol–water partition coefficient (Wildman–Crippen LogP) is 3.96. The van der Waals surface area contributed by atoms with Crippen molar-refractivity contribution in [2.24, 2.45) is 0 Å². The van der Waals surface area contributed by atoms with Crippen molar-refractivity contribution >= 4 is 10.9 Å². The molecule has 0 radical (unpaired) electrons. The van der Waals surface area contributed by atoms with Gasteiger partial charge in [-0.3, -0.25) is 5.10 Å². The van der Waals surface area contributed by atoms with Crippen LogP contribution in [0.1, 0.15) is 40.6 Å². The van der Waals surface area contributed by atoms with Gasteiger partial charge in [-0.15, -0.1) is 0 Å². The van der Waals surface area contributed by atoms with E-state index in [-0.39, 0.29) is 1.43 Å². The zero-order valence-electron chi connectivity index (χ0n) is 9.33. The van der Waals surface area contributed by atoms with Gasteiger partial charge in [-0.2, -0.15) is 5.10 Å². The molecule has 0 saturated heterocycles. The van der Waals surface area contributed by atoms with Gasteiger partial charge in [-0.05, 0) is 23.6 Å². The number of benzene rings is 1. The van der Waals surface area contributed by atoms with Crippen molar-refractivity contribution in [2.45, 2.75) is 33.6 Å². The monoisotopic (exact) mass is 192 g/mol. The maximum Gasteiger partial charge on any atom is 0.0650 e. The van der Waals surface area contributed by atoms with E-state index < -0.39 is 0 Å². The molecule has 0 amide bonds. The fourth-order valence-corrected chi connectivity index (χ4v) is 1.32. The number of aromatic amines is 1. The fraction of sp³-hybridized carbons (Fsp3) is 0.417. The minimum atomic E-state index is 0. The Bertz CT molecular complexity index is 393. The van der Waals surface area contributed by atoms with Crippen LogP contribution >= 0.6 is 0 Å². The minimum Gasteiger partial charge on any atom is -0.278 e. The molecule has 14 heavy (non-hydrogen) atoms. The topological polar surface area (TPSA) is 28.7 Å². The Hall–Kier alpha value is -1.31. The third-order valence-electron chi connectivity index (χ3n) is 2.13. The highest BCUT2D eigenvalue weighted by Crippen LogP contribution is 2.19. The third-order valence-corrected chi connectivity index (χ3v) is 2.13. The standard InChI is InChI=1S/C10H12N2.C2H6.H2/c1-7(2)8-3-4-10-9(5-8)6-11-12-10;1-2;/h3-7H,1-2H3,(H,11,12);1-2H3;1H. The molecule has 0 aliphatic carbocycles. The van der Waals surface area contributed by atoms with E-state index in [1.165, 1.54) is 10.9 Å². The second kappa shape index (κ2) is 4.80. The highest BCUT2D eigenvalue weighted by molar-refractivity contribution is 5.78. The summed E-state index contributed by atoms with van der Waals surface area (Å²) in [5, 5.41) is 8.11. The lowest BCUT2D eigenvalue weighted by Gasteiger charge is -2.03. The van der Waals surface area contributed by atoms with Crippen molar-refractivity contribution < 1.29 is 1.43 Å². The minimum absolute atomic E-state index is 0. The molecule has 1 aromatic carbocycles. The number of hydrogen-bond donors (Lipinski definition) is 1. The lowest BCUT2D eigenvalue weighted by Crippen LogP contribution is -1.85. The molecular weight excluding hydrogens is 172 g/mol. The van der Waals surface area contributed by atoms with Crippen LogP contribution in [0.2, 0.25) is 0 Å². The molecule has 1 heterocycles. The SMILES string of the molecule is CC.CC(C)c1ccc2[nH]ncc2c1.[HH]. The largest absolute Gasteiger partial charge is 0.278 e. The summed E-state index contributed by atoms with van der Waals surface area (Å²) < 4.78 is 0. The molecule has 0 unspecified atom stereocenters. The first-order chi connectivity index (χ1) is 6.77. The first kappa shape index (κ1) is 10.8. The van der Waals surface area contributed by atoms with Crippen molar-refractivity contribution in [3.8, 4) is 0 Å². The van der Waals surface area contributed by atoms with Crippen LogP contribution in [-0.4, -0.2) is 10.2 Å². The van der Waals surface area contributed by atoms with Crippen molar-refractivity contribution in [3.05, 3.63) is 30.0 Å². The van der Waals surface area contributed by atoms with E-state index in [1.54, 1.807) is 0 Å². The zero-order valence-corrected chi connectivity index (χ0v) is 9.33. The zero-order chi connectivity index (χ0) is 10.6. The smallest absolute Gasteiger partial charge is 0.0650 e. The van der Waals surface area contributed by atoms with Crippen LogP contribution in [0.25, 0.3) is 10.9 Å². The van der Waals surface area contributed by atoms with Crippen LogP contribution in [0.15, 0.2) is 24.4 Å². The number of hydrogen-bond acceptors (Lipinski definition) is 1. The van der Waals surface area contributed by atoms with Gasteiger partial charge in [0.1, 0.15) is 0 Å². The highest BCUT2D eigenvalue weighted by Gasteiger charge is 2.00. The Kier molecular flexibility index (Phi) is 3.69. The second-order valence-electron chi connectivity index (χ2n) is 3.37. The summed E-state index contributed by atoms with van der Waals surface area (Å²) in [5.41, 5.74) is 2.48. The summed E-state index contributed by atoms with van der Waals surface area (Å²) in [6.45, 7) is 8.39. The van der Waals surface area contributed by atoms with E-state index in [2.05, 4.69) is 42.2 Å². The van der Waals surface area contributed by atoms with Gasteiger partial charge in [0, 0.05) is 6.81 Å². The van der Waals surface area contributed by atoms with E-state index in [1.807, 2.05) is 20.0 Å². The van der Waals surface area contributed by atoms with Crippen LogP contribution in [0.4, 0.5) is 0 Å². The number of fused-ring (bicyclic) bond motifs is 1. The van der Waals surface area contributed by atoms with Crippen molar-refractivity contribution in [1.82, 2.24) is 10.2 Å². The van der Waals surface area contributed by atoms with Gasteiger partial charge in [-0.1, -0.05) is 33.8 Å². The van der Waals surface area contributed by atoms with E-state index >= 15 is 0 Å². The molecule has 0 fully saturated rings. The molecule has 2 rings (SSSR count). The van der Waals surface area contributed by atoms with E-state index in [0.717, 1.165) is 5.52 Å². The Morgan fingerprint density at radius 2 is 2.00 bits per heavy atom. The quantitative estimate of drug-likeness (QED) is 0.728. The molecule has 2 nitrogen and oxygen atoms in total. The lowest BCUT2D eigenvalue weighted by atomic mass is 10.0. The molecule has 0 saturated carbocycles. The van der Waals surface area contributed by atoms with Gasteiger partial charge in [0.15, 0.2) is 0 Å². The average molecular weight is 192 g/mol. The van der Waals surface area contributed by atoms with Crippen molar-refractivity contribution in [3.63, 3.8) is 0 Å². The van der Waals surface area contributed by atoms with Gasteiger partial charge in [0.2, 0.25) is 0 Å². The Balaban J connectivity index is 0.000000617. The Labute approximate surface area is 86.8 Å². The summed E-state index contributed by atoms with van der Waals surface area (Å²) in [5.74, 6) is 0.587. The van der Waals surface area contributed by atoms with Crippen LogP contribution in [-0.2, 0) is 0 Å². The van der Waals surface area contributed by atoms with Gasteiger partial charge in [-0.25, -0.2) is 0 Å². The molecule has 0 spiro atoms. The maximum atomic E-state index is 3.98. The number of H-pyrrole nitrogens is 1. The number of nitrogens with one attached hydrogen (secondary N) is 1. The van der Waals surface area contributed by atoms with Crippen LogP contribution in [0.3, 0.4) is 0 Å². The fourth-order valence-electron chi connectivity index (χ4n) is 1.32. The number of rotatable bonds is 1. The summed E-state index contributed by atoms with van der Waals surface area (Å²) in [6, 6.07) is 6.41. The molecule has 0 atom stereocenters. The third kappa shape index (κ3) is 2.13. The Morgan fingerprint density at radius 3 is 2.64 bits per heavy atom. The number of aromatic nitrogens is 2. The predicted molar refractivity (Wildman–Crippen MR) is 63.6 cm³/mol. The van der Waals surface area contributed by atoms with Gasteiger partial charge >= 0.3 is 0 Å². The summed E-state index contributed by atoms with van der Waals surface area (Å²) >= 11 is 0. The van der Waals surface area contributed by atoms with Crippen LogP contribution < -0.4 is 0 Å². The highest BCUT2D eigenvalue weighted by atomic mass is 15.1. The second-order valence-corrected chi connectivity index (χ2v) is 3.37. The molecule has 0 bridgehead atoms. The summed E-state index contributed by atoms with van der Waals surface area (Å²) in [7, 11) is 0. The van der Waals surface area contributed by atoms with Crippen molar-refractivity contribution in [2.75, 3.05) is 0 Å². The molecule has 0 aliphatic heterocycles. The van der Waals surface area contributed by atoms with Gasteiger partial charge < -0.3 is 0 Å². The van der Waals surface area contributed by atoms with Crippen molar-refractivity contribution in [1.29, 1.82) is 0 Å². The van der Waals surface area contributed by atoms with E-state index in [0.29, 0.717) is 5.92 Å². The molecule has 78 valence electrons. The first-order valence-corrected chi connectivity index (χ1v) is 5.20. The normalized spacial score (nSPS) is 10.1. The van der Waals surface area contributed by atoms with Crippen LogP contribution in [0.5, 0.6) is 0 Å². The van der Waals surface area contributed by atoms with E-state index in [9.17, 15) is 0 Å². The average Bonchev–Trinajstić information content (AvgIpc) is 2.67. The molecule has 2 aromatic rings. The lowest BCUT2D eigenvalue weighted by molar-refractivity contribution is 0.869. The van der Waals surface area contributed by atoms with Gasteiger partial charge in [0.25, 0.3) is 0 Å². The summed E-state index contributed by atoms with van der Waals surface area (Å²) in [6.07, 6.45) is 1.86. The number of nitrogens with zero attached hydrogens (tertiary/aromatic N) is 1.